The highest BCUT2D eigenvalue weighted by molar-refractivity contribution is 7.21. The van der Waals surface area contributed by atoms with Gasteiger partial charge in [-0.2, -0.15) is 0 Å². The molecule has 0 spiro atoms. The fourth-order valence-electron chi connectivity index (χ4n) is 1.55. The van der Waals surface area contributed by atoms with Gasteiger partial charge in [0.05, 0.1) is 0 Å². The van der Waals surface area contributed by atoms with E-state index in [0.29, 0.717) is 16.2 Å². The lowest BCUT2D eigenvalue weighted by Crippen LogP contribution is -2.08. The highest BCUT2D eigenvalue weighted by atomic mass is 32.1. The molecule has 0 saturated heterocycles. The van der Waals surface area contributed by atoms with Crippen LogP contribution >= 0.6 is 11.3 Å². The van der Waals surface area contributed by atoms with Crippen LogP contribution in [0.25, 0.3) is 20.9 Å². The standard InChI is InChI=1S/C11H8N4OS/c1-6-13-9(16)8-11(14-6)17-10(15-8)7-3-2-4-12-5-7/h2-5H,1H3,(H,13,14,16). The Labute approximate surface area is 100 Å². The molecular formula is C11H8N4OS. The molecule has 3 aromatic heterocycles. The van der Waals surface area contributed by atoms with E-state index < -0.39 is 0 Å². The number of hydrogen-bond donors (Lipinski definition) is 1. The van der Waals surface area contributed by atoms with Gasteiger partial charge in [-0.25, -0.2) is 9.97 Å². The molecule has 5 nitrogen and oxygen atoms in total. The number of thiazole rings is 1. The topological polar surface area (TPSA) is 71.5 Å². The molecule has 84 valence electrons. The number of nitrogens with zero attached hydrogens (tertiary/aromatic N) is 3. The number of hydrogen-bond acceptors (Lipinski definition) is 5. The molecule has 3 rings (SSSR count). The van der Waals surface area contributed by atoms with Crippen LogP contribution in [0.15, 0.2) is 29.3 Å². The third-order valence-corrected chi connectivity index (χ3v) is 3.29. The molecule has 0 saturated carbocycles. The first kappa shape index (κ1) is 10.1. The molecule has 6 heteroatoms. The Kier molecular flexibility index (Phi) is 2.22. The third-order valence-electron chi connectivity index (χ3n) is 2.30. The molecule has 0 aromatic carbocycles. The number of pyridine rings is 1. The van der Waals surface area contributed by atoms with Gasteiger partial charge in [0, 0.05) is 18.0 Å². The molecule has 0 aliphatic rings. The van der Waals surface area contributed by atoms with E-state index >= 15 is 0 Å². The van der Waals surface area contributed by atoms with Crippen LogP contribution in [0.2, 0.25) is 0 Å². The van der Waals surface area contributed by atoms with Gasteiger partial charge in [0.1, 0.15) is 10.8 Å². The van der Waals surface area contributed by atoms with Crippen molar-refractivity contribution >= 4 is 21.7 Å². The number of aromatic nitrogens is 4. The van der Waals surface area contributed by atoms with Crippen LogP contribution in [0.3, 0.4) is 0 Å². The van der Waals surface area contributed by atoms with Crippen molar-refractivity contribution in [2.24, 2.45) is 0 Å². The normalized spacial score (nSPS) is 10.9. The summed E-state index contributed by atoms with van der Waals surface area (Å²) in [6.07, 6.45) is 3.42. The number of rotatable bonds is 1. The minimum absolute atomic E-state index is 0.195. The molecular weight excluding hydrogens is 236 g/mol. The first-order valence-corrected chi connectivity index (χ1v) is 5.83. The third kappa shape index (κ3) is 1.72. The van der Waals surface area contributed by atoms with E-state index in [2.05, 4.69) is 19.9 Å². The average Bonchev–Trinajstić information content (AvgIpc) is 2.74. The van der Waals surface area contributed by atoms with E-state index in [1.807, 2.05) is 12.1 Å². The van der Waals surface area contributed by atoms with Crippen molar-refractivity contribution in [3.05, 3.63) is 40.7 Å². The monoisotopic (exact) mass is 244 g/mol. The Morgan fingerprint density at radius 3 is 3.00 bits per heavy atom. The Hall–Kier alpha value is -2.08. The highest BCUT2D eigenvalue weighted by Gasteiger charge is 2.10. The highest BCUT2D eigenvalue weighted by Crippen LogP contribution is 2.26. The van der Waals surface area contributed by atoms with Crippen molar-refractivity contribution in [1.29, 1.82) is 0 Å². The molecule has 0 atom stereocenters. The van der Waals surface area contributed by atoms with Crippen LogP contribution < -0.4 is 5.56 Å². The van der Waals surface area contributed by atoms with Gasteiger partial charge in [-0.1, -0.05) is 11.3 Å². The van der Waals surface area contributed by atoms with Crippen molar-refractivity contribution in [3.8, 4) is 10.6 Å². The maximum atomic E-state index is 11.7. The summed E-state index contributed by atoms with van der Waals surface area (Å²) in [5, 5.41) is 0.761. The van der Waals surface area contributed by atoms with Crippen molar-refractivity contribution in [1.82, 2.24) is 19.9 Å². The van der Waals surface area contributed by atoms with Gasteiger partial charge in [0.15, 0.2) is 10.3 Å². The summed E-state index contributed by atoms with van der Waals surface area (Å²) in [4.78, 5) is 27.6. The largest absolute Gasteiger partial charge is 0.309 e. The zero-order valence-electron chi connectivity index (χ0n) is 8.97. The van der Waals surface area contributed by atoms with Gasteiger partial charge < -0.3 is 4.98 Å². The number of nitrogens with one attached hydrogen (secondary N) is 1. The van der Waals surface area contributed by atoms with E-state index in [0.717, 1.165) is 10.6 Å². The van der Waals surface area contributed by atoms with Crippen molar-refractivity contribution in [2.45, 2.75) is 6.92 Å². The molecule has 3 aromatic rings. The maximum absolute atomic E-state index is 11.7. The Balaban J connectivity index is 2.28. The fraction of sp³-hybridized carbons (Fsp3) is 0.0909. The van der Waals surface area contributed by atoms with Crippen LogP contribution in [-0.4, -0.2) is 19.9 Å². The van der Waals surface area contributed by atoms with Crippen LogP contribution in [0.5, 0.6) is 0 Å². The zero-order valence-corrected chi connectivity index (χ0v) is 9.78. The number of aryl methyl sites for hydroxylation is 1. The van der Waals surface area contributed by atoms with Crippen LogP contribution in [0.4, 0.5) is 0 Å². The molecule has 0 radical (unpaired) electrons. The van der Waals surface area contributed by atoms with Crippen molar-refractivity contribution in [3.63, 3.8) is 0 Å². The summed E-state index contributed by atoms with van der Waals surface area (Å²) in [6, 6.07) is 3.75. The summed E-state index contributed by atoms with van der Waals surface area (Å²) in [7, 11) is 0. The fourth-order valence-corrected chi connectivity index (χ4v) is 2.53. The Bertz CT molecular complexity index is 732. The second kappa shape index (κ2) is 3.74. The minimum atomic E-state index is -0.195. The van der Waals surface area contributed by atoms with Crippen LogP contribution in [0.1, 0.15) is 5.82 Å². The second-order valence-electron chi connectivity index (χ2n) is 3.57. The Morgan fingerprint density at radius 1 is 1.35 bits per heavy atom. The predicted molar refractivity (Wildman–Crippen MR) is 66.0 cm³/mol. The van der Waals surface area contributed by atoms with E-state index in [4.69, 9.17) is 0 Å². The number of fused-ring (bicyclic) bond motifs is 1. The summed E-state index contributed by atoms with van der Waals surface area (Å²) in [5.74, 6) is 0.601. The smallest absolute Gasteiger partial charge is 0.278 e. The molecule has 1 N–H and O–H groups in total. The van der Waals surface area contributed by atoms with Crippen LogP contribution in [-0.2, 0) is 0 Å². The van der Waals surface area contributed by atoms with E-state index in [-0.39, 0.29) is 5.56 Å². The summed E-state index contributed by atoms with van der Waals surface area (Å²) >= 11 is 1.40. The molecule has 0 fully saturated rings. The predicted octanol–water partition coefficient (Wildman–Crippen LogP) is 1.75. The minimum Gasteiger partial charge on any atom is -0.309 e. The first-order valence-electron chi connectivity index (χ1n) is 5.02. The van der Waals surface area contributed by atoms with Gasteiger partial charge in [-0.15, -0.1) is 0 Å². The van der Waals surface area contributed by atoms with Gasteiger partial charge >= 0.3 is 0 Å². The molecule has 17 heavy (non-hydrogen) atoms. The molecule has 0 bridgehead atoms. The maximum Gasteiger partial charge on any atom is 0.278 e. The van der Waals surface area contributed by atoms with Gasteiger partial charge in [0.25, 0.3) is 5.56 Å². The summed E-state index contributed by atoms with van der Waals surface area (Å²) < 4.78 is 0. The van der Waals surface area contributed by atoms with E-state index in [1.54, 1.807) is 19.3 Å². The van der Waals surface area contributed by atoms with Gasteiger partial charge in [0.2, 0.25) is 0 Å². The van der Waals surface area contributed by atoms with Crippen LogP contribution in [0, 0.1) is 6.92 Å². The SMILES string of the molecule is Cc1nc2sc(-c3cccnc3)nc2c(=O)[nH]1. The van der Waals surface area contributed by atoms with Gasteiger partial charge in [-0.05, 0) is 19.1 Å². The molecule has 0 aliphatic heterocycles. The lowest BCUT2D eigenvalue weighted by atomic mass is 10.3. The van der Waals surface area contributed by atoms with Gasteiger partial charge in [-0.3, -0.25) is 9.78 Å². The number of aromatic amines is 1. The molecule has 0 aliphatic carbocycles. The lowest BCUT2D eigenvalue weighted by Gasteiger charge is -1.91. The van der Waals surface area contributed by atoms with E-state index in [9.17, 15) is 4.79 Å². The van der Waals surface area contributed by atoms with Crippen molar-refractivity contribution < 1.29 is 0 Å². The first-order chi connectivity index (χ1) is 8.24. The molecule has 3 heterocycles. The quantitative estimate of drug-likeness (QED) is 0.708. The second-order valence-corrected chi connectivity index (χ2v) is 4.54. The van der Waals surface area contributed by atoms with E-state index in [1.165, 1.54) is 11.3 Å². The lowest BCUT2D eigenvalue weighted by molar-refractivity contribution is 1.06. The molecule has 0 amide bonds. The molecule has 0 unspecified atom stereocenters. The summed E-state index contributed by atoms with van der Waals surface area (Å²) in [6.45, 7) is 1.75. The Morgan fingerprint density at radius 2 is 2.24 bits per heavy atom. The average molecular weight is 244 g/mol. The van der Waals surface area contributed by atoms with Crippen molar-refractivity contribution in [2.75, 3.05) is 0 Å². The number of H-pyrrole nitrogens is 1. The zero-order chi connectivity index (χ0) is 11.8. The summed E-state index contributed by atoms with van der Waals surface area (Å²) in [5.41, 5.74) is 1.09.